The number of hydrogen-bond acceptors (Lipinski definition) is 4. The molecule has 0 aliphatic carbocycles. The van der Waals surface area contributed by atoms with Gasteiger partial charge in [-0.25, -0.2) is 4.79 Å². The number of aromatic nitrogens is 1. The Labute approximate surface area is 121 Å². The summed E-state index contributed by atoms with van der Waals surface area (Å²) in [4.78, 5) is 15.5. The Morgan fingerprint density at radius 3 is 3.00 bits per heavy atom. The summed E-state index contributed by atoms with van der Waals surface area (Å²) < 4.78 is 0. The molecule has 0 unspecified atom stereocenters. The van der Waals surface area contributed by atoms with E-state index in [0.717, 1.165) is 22.4 Å². The molecule has 0 aliphatic heterocycles. The number of carbonyl (C=O) groups is 1. The van der Waals surface area contributed by atoms with Crippen molar-refractivity contribution in [2.75, 3.05) is 23.4 Å². The molecule has 0 atom stereocenters. The average molecular weight is 288 g/mol. The Bertz CT molecular complexity index is 628. The van der Waals surface area contributed by atoms with Crippen LogP contribution in [0.1, 0.15) is 10.4 Å². The third kappa shape index (κ3) is 3.30. The van der Waals surface area contributed by atoms with E-state index in [1.54, 1.807) is 11.8 Å². The number of carboxylic acids is 1. The Morgan fingerprint density at radius 1 is 1.45 bits per heavy atom. The number of rotatable bonds is 7. The monoisotopic (exact) mass is 288 g/mol. The van der Waals surface area contributed by atoms with E-state index in [9.17, 15) is 9.90 Å². The molecule has 2 rings (SSSR count). The van der Waals surface area contributed by atoms with Crippen LogP contribution in [-0.2, 0) is 0 Å². The molecule has 1 aromatic heterocycles. The fourth-order valence-electron chi connectivity index (χ4n) is 1.91. The van der Waals surface area contributed by atoms with Crippen LogP contribution in [0.5, 0.6) is 0 Å². The van der Waals surface area contributed by atoms with Gasteiger partial charge in [-0.05, 0) is 6.07 Å². The van der Waals surface area contributed by atoms with E-state index in [4.69, 9.17) is 0 Å². The number of nitrogens with zero attached hydrogens (tertiary/aromatic N) is 1. The fraction of sp³-hybridized carbons (Fsp3) is 0.200. The summed E-state index contributed by atoms with van der Waals surface area (Å²) in [5.74, 6) is 0.816. The van der Waals surface area contributed by atoms with Gasteiger partial charge >= 0.3 is 5.97 Å². The highest BCUT2D eigenvalue weighted by atomic mass is 32.2. The van der Waals surface area contributed by atoms with Crippen molar-refractivity contribution in [1.29, 1.82) is 0 Å². The maximum atomic E-state index is 11.3. The largest absolute Gasteiger partial charge is 0.478 e. The summed E-state index contributed by atoms with van der Waals surface area (Å²) in [5.41, 5.74) is 1.64. The molecule has 0 amide bonds. The van der Waals surface area contributed by atoms with Gasteiger partial charge in [0.15, 0.2) is 0 Å². The second-order valence-electron chi connectivity index (χ2n) is 4.16. The number of aromatic carboxylic acids is 1. The van der Waals surface area contributed by atoms with Gasteiger partial charge in [-0.3, -0.25) is 4.98 Å². The number of pyridine rings is 1. The molecule has 1 heterocycles. The molecule has 2 aromatic rings. The Balaban J connectivity index is 2.25. The molecule has 20 heavy (non-hydrogen) atoms. The van der Waals surface area contributed by atoms with Crippen LogP contribution in [0.15, 0.2) is 43.1 Å². The van der Waals surface area contributed by atoms with Crippen molar-refractivity contribution in [3.63, 3.8) is 0 Å². The Hall–Kier alpha value is -2.01. The lowest BCUT2D eigenvalue weighted by molar-refractivity contribution is 0.0697. The number of carboxylic acid groups (broad SMARTS) is 1. The van der Waals surface area contributed by atoms with E-state index in [1.807, 2.05) is 30.3 Å². The first kappa shape index (κ1) is 14.4. The van der Waals surface area contributed by atoms with E-state index in [-0.39, 0.29) is 5.56 Å². The van der Waals surface area contributed by atoms with E-state index in [2.05, 4.69) is 16.9 Å². The SMILES string of the molecule is C=CCSCCNc1c(C(=O)O)cnc2ccccc12. The van der Waals surface area contributed by atoms with Crippen molar-refractivity contribution in [2.45, 2.75) is 0 Å². The molecule has 2 N–H and O–H groups in total. The molecular weight excluding hydrogens is 272 g/mol. The fourth-order valence-corrected chi connectivity index (χ4v) is 2.49. The maximum Gasteiger partial charge on any atom is 0.339 e. The van der Waals surface area contributed by atoms with Gasteiger partial charge in [0.25, 0.3) is 0 Å². The van der Waals surface area contributed by atoms with Crippen LogP contribution >= 0.6 is 11.8 Å². The number of nitrogens with one attached hydrogen (secondary N) is 1. The molecule has 0 fully saturated rings. The molecule has 0 bridgehead atoms. The summed E-state index contributed by atoms with van der Waals surface area (Å²) in [5, 5.41) is 13.3. The molecular formula is C15H16N2O2S. The first-order valence-corrected chi connectivity index (χ1v) is 7.43. The number of hydrogen-bond donors (Lipinski definition) is 2. The predicted molar refractivity (Wildman–Crippen MR) is 84.7 cm³/mol. The molecule has 0 saturated carbocycles. The second kappa shape index (κ2) is 6.96. The molecule has 4 nitrogen and oxygen atoms in total. The van der Waals surface area contributed by atoms with Crippen LogP contribution in [-0.4, -0.2) is 34.1 Å². The normalized spacial score (nSPS) is 10.4. The van der Waals surface area contributed by atoms with Crippen molar-refractivity contribution >= 4 is 34.3 Å². The zero-order valence-electron chi connectivity index (χ0n) is 11.0. The van der Waals surface area contributed by atoms with E-state index in [1.165, 1.54) is 6.20 Å². The molecule has 0 aliphatic rings. The van der Waals surface area contributed by atoms with Crippen molar-refractivity contribution in [3.8, 4) is 0 Å². The zero-order valence-corrected chi connectivity index (χ0v) is 11.8. The summed E-state index contributed by atoms with van der Waals surface area (Å²) in [7, 11) is 0. The quantitative estimate of drug-likeness (QED) is 0.605. The average Bonchev–Trinajstić information content (AvgIpc) is 2.46. The van der Waals surface area contributed by atoms with Crippen LogP contribution in [0.2, 0.25) is 0 Å². The van der Waals surface area contributed by atoms with Gasteiger partial charge in [-0.2, -0.15) is 11.8 Å². The lowest BCUT2D eigenvalue weighted by Crippen LogP contribution is -2.10. The van der Waals surface area contributed by atoms with Gasteiger partial charge in [0.2, 0.25) is 0 Å². The van der Waals surface area contributed by atoms with Gasteiger partial charge in [0.05, 0.1) is 11.2 Å². The maximum absolute atomic E-state index is 11.3. The van der Waals surface area contributed by atoms with Gasteiger partial charge in [-0.1, -0.05) is 24.3 Å². The van der Waals surface area contributed by atoms with Crippen molar-refractivity contribution in [2.24, 2.45) is 0 Å². The van der Waals surface area contributed by atoms with Crippen molar-refractivity contribution in [1.82, 2.24) is 4.98 Å². The molecule has 0 spiro atoms. The molecule has 0 saturated heterocycles. The summed E-state index contributed by atoms with van der Waals surface area (Å²) in [6, 6.07) is 7.53. The highest BCUT2D eigenvalue weighted by Crippen LogP contribution is 2.25. The van der Waals surface area contributed by atoms with Gasteiger partial charge in [0.1, 0.15) is 5.56 Å². The third-order valence-electron chi connectivity index (χ3n) is 2.79. The lowest BCUT2D eigenvalue weighted by Gasteiger charge is -2.12. The van der Waals surface area contributed by atoms with Crippen LogP contribution in [0, 0.1) is 0 Å². The van der Waals surface area contributed by atoms with Gasteiger partial charge < -0.3 is 10.4 Å². The minimum absolute atomic E-state index is 0.206. The first-order chi connectivity index (χ1) is 9.74. The summed E-state index contributed by atoms with van der Waals surface area (Å²) >= 11 is 1.75. The van der Waals surface area contributed by atoms with Crippen LogP contribution in [0.4, 0.5) is 5.69 Å². The number of benzene rings is 1. The second-order valence-corrected chi connectivity index (χ2v) is 5.31. The Morgan fingerprint density at radius 2 is 2.25 bits per heavy atom. The number of anilines is 1. The number of fused-ring (bicyclic) bond motifs is 1. The highest BCUT2D eigenvalue weighted by Gasteiger charge is 2.13. The van der Waals surface area contributed by atoms with E-state index < -0.39 is 5.97 Å². The zero-order chi connectivity index (χ0) is 14.4. The summed E-state index contributed by atoms with van der Waals surface area (Å²) in [6.45, 7) is 4.37. The Kier molecular flexibility index (Phi) is 5.01. The minimum atomic E-state index is -0.968. The van der Waals surface area contributed by atoms with Gasteiger partial charge in [-0.15, -0.1) is 6.58 Å². The third-order valence-corrected chi connectivity index (χ3v) is 3.75. The first-order valence-electron chi connectivity index (χ1n) is 6.27. The molecule has 104 valence electrons. The predicted octanol–water partition coefficient (Wildman–Crippen LogP) is 3.26. The molecule has 5 heteroatoms. The molecule has 0 radical (unpaired) electrons. The van der Waals surface area contributed by atoms with Crippen molar-refractivity contribution < 1.29 is 9.90 Å². The minimum Gasteiger partial charge on any atom is -0.478 e. The van der Waals surface area contributed by atoms with E-state index in [0.29, 0.717) is 12.2 Å². The smallest absolute Gasteiger partial charge is 0.339 e. The van der Waals surface area contributed by atoms with Crippen LogP contribution in [0.3, 0.4) is 0 Å². The highest BCUT2D eigenvalue weighted by molar-refractivity contribution is 7.99. The number of thioether (sulfide) groups is 1. The topological polar surface area (TPSA) is 62.2 Å². The molecule has 1 aromatic carbocycles. The van der Waals surface area contributed by atoms with E-state index >= 15 is 0 Å². The lowest BCUT2D eigenvalue weighted by atomic mass is 10.1. The standard InChI is InChI=1S/C15H16N2O2S/c1-2-8-20-9-7-16-14-11-5-3-4-6-13(11)17-10-12(14)15(18)19/h2-6,10H,1,7-9H2,(H,16,17)(H,18,19). The number of para-hydroxylation sites is 1. The van der Waals surface area contributed by atoms with Gasteiger partial charge in [0, 0.05) is 29.6 Å². The van der Waals surface area contributed by atoms with Crippen molar-refractivity contribution in [3.05, 3.63) is 48.7 Å². The van der Waals surface area contributed by atoms with Crippen LogP contribution in [0.25, 0.3) is 10.9 Å². The summed E-state index contributed by atoms with van der Waals surface area (Å²) in [6.07, 6.45) is 3.26. The van der Waals surface area contributed by atoms with Crippen LogP contribution < -0.4 is 5.32 Å².